The minimum atomic E-state index is -1.21. The van der Waals surface area contributed by atoms with Crippen LogP contribution in [0.1, 0.15) is 12.1 Å². The van der Waals surface area contributed by atoms with Gasteiger partial charge in [-0.15, -0.1) is 28.2 Å². The maximum absolute atomic E-state index is 13.2. The maximum atomic E-state index is 13.2. The first-order valence-corrected chi connectivity index (χ1v) is 17.7. The molecule has 6 rings (SSSR count). The molecular formula is C28H33N11O5S3. The third-order valence-corrected chi connectivity index (χ3v) is 11.0. The van der Waals surface area contributed by atoms with Crippen molar-refractivity contribution in [2.75, 3.05) is 62.0 Å². The molecule has 0 aliphatic carbocycles. The van der Waals surface area contributed by atoms with Gasteiger partial charge in [0.2, 0.25) is 5.16 Å². The van der Waals surface area contributed by atoms with Crippen LogP contribution in [-0.2, 0) is 25.8 Å². The van der Waals surface area contributed by atoms with E-state index in [1.165, 1.54) is 41.2 Å². The number of piperazine rings is 1. The van der Waals surface area contributed by atoms with Crippen molar-refractivity contribution in [2.24, 2.45) is 5.16 Å². The smallest absolute Gasteiger partial charge is 0.352 e. The molecule has 4 N–H and O–H groups in total. The fraction of sp³-hybridized carbons (Fsp3) is 0.429. The number of nitrogen functional groups attached to an aromatic ring is 1. The molecule has 1 unspecified atom stereocenters. The Kier molecular flexibility index (Phi) is 10.2. The van der Waals surface area contributed by atoms with Crippen molar-refractivity contribution in [2.45, 2.75) is 29.5 Å². The average molecular weight is 700 g/mol. The van der Waals surface area contributed by atoms with E-state index < -0.39 is 29.2 Å². The van der Waals surface area contributed by atoms with Gasteiger partial charge in [0, 0.05) is 61.8 Å². The quantitative estimate of drug-likeness (QED) is 0.0981. The Balaban J connectivity index is 1.02. The summed E-state index contributed by atoms with van der Waals surface area (Å²) in [5.74, 6) is -1.78. The third kappa shape index (κ3) is 7.21. The van der Waals surface area contributed by atoms with E-state index in [0.717, 1.165) is 50.5 Å². The molecule has 0 saturated carbocycles. The number of carbonyl (C=O) groups is 3. The predicted molar refractivity (Wildman–Crippen MR) is 178 cm³/mol. The predicted octanol–water partition coefficient (Wildman–Crippen LogP) is 0.806. The molecule has 3 aromatic rings. The molecule has 2 saturated heterocycles. The lowest BCUT2D eigenvalue weighted by molar-refractivity contribution is -0.150. The highest BCUT2D eigenvalue weighted by molar-refractivity contribution is 8.01. The number of anilines is 2. The summed E-state index contributed by atoms with van der Waals surface area (Å²) in [4.78, 5) is 53.5. The van der Waals surface area contributed by atoms with E-state index in [9.17, 15) is 19.5 Å². The number of rotatable bonds is 13. The number of amides is 2. The van der Waals surface area contributed by atoms with Gasteiger partial charge in [0.15, 0.2) is 10.8 Å². The summed E-state index contributed by atoms with van der Waals surface area (Å²) in [7, 11) is 1.29. The Morgan fingerprint density at radius 3 is 2.68 bits per heavy atom. The fourth-order valence-electron chi connectivity index (χ4n) is 5.60. The van der Waals surface area contributed by atoms with Gasteiger partial charge in [-0.25, -0.2) is 14.5 Å². The van der Waals surface area contributed by atoms with E-state index >= 15 is 0 Å². The van der Waals surface area contributed by atoms with Gasteiger partial charge in [0.25, 0.3) is 11.8 Å². The zero-order valence-electron chi connectivity index (χ0n) is 25.4. The molecule has 1 aromatic carbocycles. The minimum absolute atomic E-state index is 0.0801. The molecule has 2 aromatic heterocycles. The Labute approximate surface area is 282 Å². The standard InChI is InChI=1S/C28H33N11O5S3/c1-44-33-20(19-16-46-27(29)30-19)23(40)31-21-24(41)39-22(26(42)43)17(14-45-25(21)39)15-47-28-32-34-35-38(28)9-5-8-36-10-12-37(13-11-36)18-6-3-2-4-7-18/h2-4,6-7,16,21,25H,5,8-15H2,1H3,(H2,29,30)(H,31,40)(H,42,43)/b33-20+/t21?,25-/m1/s1. The third-order valence-electron chi connectivity index (χ3n) is 7.91. The maximum Gasteiger partial charge on any atom is 0.352 e. The van der Waals surface area contributed by atoms with Crippen LogP contribution in [0.4, 0.5) is 10.8 Å². The molecule has 3 aliphatic heterocycles. The first-order chi connectivity index (χ1) is 22.8. The number of nitrogens with one attached hydrogen (secondary N) is 1. The number of aromatic nitrogens is 5. The highest BCUT2D eigenvalue weighted by Crippen LogP contribution is 2.41. The molecule has 248 valence electrons. The molecule has 2 amide bonds. The van der Waals surface area contributed by atoms with Crippen LogP contribution in [-0.4, -0.2) is 126 Å². The van der Waals surface area contributed by atoms with E-state index in [1.807, 2.05) is 6.07 Å². The number of hydrogen-bond donors (Lipinski definition) is 3. The second-order valence-corrected chi connectivity index (χ2v) is 13.7. The summed E-state index contributed by atoms with van der Waals surface area (Å²) in [6, 6.07) is 9.50. The lowest BCUT2D eigenvalue weighted by Crippen LogP contribution is -2.71. The van der Waals surface area contributed by atoms with Crippen LogP contribution in [0.2, 0.25) is 0 Å². The molecule has 3 aliphatic rings. The Hall–Kier alpha value is -4.20. The van der Waals surface area contributed by atoms with Gasteiger partial charge in [-0.2, -0.15) is 0 Å². The number of fused-ring (bicyclic) bond motifs is 1. The number of β-lactam (4-membered cyclic amide) rings is 1. The van der Waals surface area contributed by atoms with Crippen LogP contribution in [0.3, 0.4) is 0 Å². The molecule has 0 radical (unpaired) electrons. The monoisotopic (exact) mass is 699 g/mol. The number of oxime groups is 1. The van der Waals surface area contributed by atoms with Gasteiger partial charge in [-0.1, -0.05) is 35.1 Å². The van der Waals surface area contributed by atoms with Crippen LogP contribution in [0.25, 0.3) is 0 Å². The van der Waals surface area contributed by atoms with Gasteiger partial charge in [0.05, 0.1) is 0 Å². The van der Waals surface area contributed by atoms with Crippen LogP contribution in [0, 0.1) is 0 Å². The van der Waals surface area contributed by atoms with E-state index in [1.54, 1.807) is 10.1 Å². The van der Waals surface area contributed by atoms with E-state index in [-0.39, 0.29) is 22.2 Å². The lowest BCUT2D eigenvalue weighted by Gasteiger charge is -2.49. The molecule has 16 nitrogen and oxygen atoms in total. The average Bonchev–Trinajstić information content (AvgIpc) is 3.73. The molecule has 47 heavy (non-hydrogen) atoms. The second-order valence-electron chi connectivity index (χ2n) is 10.8. The van der Waals surface area contributed by atoms with Crippen molar-refractivity contribution in [3.63, 3.8) is 0 Å². The molecule has 2 fully saturated rings. The van der Waals surface area contributed by atoms with Crippen LogP contribution < -0.4 is 16.0 Å². The summed E-state index contributed by atoms with van der Waals surface area (Å²) in [6.07, 6.45) is 0.868. The van der Waals surface area contributed by atoms with Gasteiger partial charge < -0.3 is 25.9 Å². The molecule has 0 bridgehead atoms. The van der Waals surface area contributed by atoms with Gasteiger partial charge in [-0.3, -0.25) is 19.4 Å². The molecule has 2 atom stereocenters. The van der Waals surface area contributed by atoms with Gasteiger partial charge in [0.1, 0.15) is 29.9 Å². The largest absolute Gasteiger partial charge is 0.477 e. The van der Waals surface area contributed by atoms with Crippen LogP contribution in [0.15, 0.2) is 57.3 Å². The first-order valence-electron chi connectivity index (χ1n) is 14.8. The topological polar surface area (TPSA) is 197 Å². The SMILES string of the molecule is CO/N=C(/C(=O)NC1C(=O)N2C(C(=O)O)=C(CSc3nnnn3CCCN3CCN(c4ccccc4)CC3)CS[C@H]12)c1csc(N)n1. The van der Waals surface area contributed by atoms with Gasteiger partial charge in [-0.05, 0) is 34.6 Å². The number of para-hydroxylation sites is 1. The number of carbonyl (C=O) groups excluding carboxylic acids is 2. The Morgan fingerprint density at radius 2 is 1.98 bits per heavy atom. The number of aryl methyl sites for hydroxylation is 1. The van der Waals surface area contributed by atoms with Crippen LogP contribution in [0.5, 0.6) is 0 Å². The molecule has 19 heteroatoms. The minimum Gasteiger partial charge on any atom is -0.477 e. The van der Waals surface area contributed by atoms with Crippen LogP contribution >= 0.6 is 34.9 Å². The zero-order chi connectivity index (χ0) is 32.9. The number of tetrazole rings is 1. The molecule has 0 spiro atoms. The highest BCUT2D eigenvalue weighted by Gasteiger charge is 2.54. The molecule has 5 heterocycles. The van der Waals surface area contributed by atoms with Crippen molar-refractivity contribution in [3.05, 3.63) is 52.7 Å². The van der Waals surface area contributed by atoms with Crippen molar-refractivity contribution in [1.82, 2.24) is 40.3 Å². The number of nitrogens with zero attached hydrogens (tertiary/aromatic N) is 9. The van der Waals surface area contributed by atoms with Gasteiger partial charge >= 0.3 is 5.97 Å². The number of thioether (sulfide) groups is 2. The Bertz CT molecular complexity index is 1670. The van der Waals surface area contributed by atoms with Crippen molar-refractivity contribution < 1.29 is 24.3 Å². The number of carboxylic acids is 1. The second kappa shape index (κ2) is 14.7. The summed E-state index contributed by atoms with van der Waals surface area (Å²) in [5.41, 5.74) is 7.51. The summed E-state index contributed by atoms with van der Waals surface area (Å²) in [5, 5.41) is 30.4. The van der Waals surface area contributed by atoms with E-state index in [2.05, 4.69) is 65.0 Å². The Morgan fingerprint density at radius 1 is 1.19 bits per heavy atom. The number of aliphatic carboxylic acids is 1. The fourth-order valence-corrected chi connectivity index (χ4v) is 8.54. The summed E-state index contributed by atoms with van der Waals surface area (Å²) < 4.78 is 1.74. The number of carboxylic acid groups (broad SMARTS) is 1. The first kappa shape index (κ1) is 32.7. The van der Waals surface area contributed by atoms with Crippen molar-refractivity contribution in [3.8, 4) is 0 Å². The van der Waals surface area contributed by atoms with E-state index in [0.29, 0.717) is 28.8 Å². The van der Waals surface area contributed by atoms with Crippen molar-refractivity contribution >= 4 is 69.2 Å². The summed E-state index contributed by atoms with van der Waals surface area (Å²) in [6.45, 7) is 5.48. The number of thiazole rings is 1. The molecular weight excluding hydrogens is 667 g/mol. The normalized spacial score (nSPS) is 20.2. The zero-order valence-corrected chi connectivity index (χ0v) is 27.8. The summed E-state index contributed by atoms with van der Waals surface area (Å²) >= 11 is 3.84. The number of nitrogens with two attached hydrogens (primary N) is 1. The van der Waals surface area contributed by atoms with Crippen molar-refractivity contribution in [1.29, 1.82) is 0 Å². The lowest BCUT2D eigenvalue weighted by atomic mass is 10.0. The number of benzene rings is 1. The van der Waals surface area contributed by atoms with E-state index in [4.69, 9.17) is 10.6 Å². The highest BCUT2D eigenvalue weighted by atomic mass is 32.2. The number of hydrogen-bond acceptors (Lipinski definition) is 15.